The Bertz CT molecular complexity index is 391. The molecule has 0 heterocycles. The molecule has 0 unspecified atom stereocenters. The van der Waals surface area contributed by atoms with Crippen LogP contribution in [0.4, 0.5) is 0 Å². The number of ketones is 1. The van der Waals surface area contributed by atoms with Gasteiger partial charge >= 0.3 is 0 Å². The molecule has 0 saturated heterocycles. The Labute approximate surface area is 132 Å². The summed E-state index contributed by atoms with van der Waals surface area (Å²) in [6.45, 7) is 15.5. The van der Waals surface area contributed by atoms with E-state index in [9.17, 15) is 4.79 Å². The molecule has 21 heavy (non-hydrogen) atoms. The average Bonchev–Trinajstić information content (AvgIpc) is 2.48. The van der Waals surface area contributed by atoms with Crippen LogP contribution in [0.5, 0.6) is 0 Å². The predicted octanol–water partition coefficient (Wildman–Crippen LogP) is 5.49. The molecule has 2 nitrogen and oxygen atoms in total. The summed E-state index contributed by atoms with van der Waals surface area (Å²) in [5.74, 6) is 0.514. The van der Waals surface area contributed by atoms with Crippen LogP contribution < -0.4 is 0 Å². The number of carbonyl (C=O) groups excluding carboxylic acids is 1. The fourth-order valence-electron chi connectivity index (χ4n) is 2.59. The van der Waals surface area contributed by atoms with E-state index in [0.29, 0.717) is 5.78 Å². The summed E-state index contributed by atoms with van der Waals surface area (Å²) >= 11 is 0. The summed E-state index contributed by atoms with van der Waals surface area (Å²) in [5.41, 5.74) is 1.35. The number of unbranched alkanes of at least 4 members (excludes halogenated alkanes) is 1. The molecule has 0 aromatic rings. The second-order valence-corrected chi connectivity index (χ2v) is 12.9. The minimum absolute atomic E-state index is 0.150. The highest BCUT2D eigenvalue weighted by atomic mass is 28.4. The van der Waals surface area contributed by atoms with E-state index in [0.717, 1.165) is 32.1 Å². The van der Waals surface area contributed by atoms with Crippen LogP contribution in [0.2, 0.25) is 18.1 Å². The third-order valence-corrected chi connectivity index (χ3v) is 9.60. The number of rotatable bonds is 5. The van der Waals surface area contributed by atoms with Gasteiger partial charge in [-0.25, -0.2) is 0 Å². The van der Waals surface area contributed by atoms with Gasteiger partial charge in [-0.15, -0.1) is 0 Å². The van der Waals surface area contributed by atoms with Crippen molar-refractivity contribution in [1.29, 1.82) is 0 Å². The van der Waals surface area contributed by atoms with Gasteiger partial charge in [0.2, 0.25) is 0 Å². The number of allylic oxidation sites excluding steroid dienone is 1. The van der Waals surface area contributed by atoms with Gasteiger partial charge in [-0.2, -0.15) is 0 Å². The van der Waals surface area contributed by atoms with Gasteiger partial charge in [0.1, 0.15) is 6.10 Å². The maximum Gasteiger partial charge on any atom is 0.193 e. The van der Waals surface area contributed by atoms with Crippen LogP contribution in [0.1, 0.15) is 66.7 Å². The molecule has 0 spiro atoms. The minimum atomic E-state index is -1.89. The van der Waals surface area contributed by atoms with Crippen molar-refractivity contribution in [2.24, 2.45) is 5.92 Å². The summed E-state index contributed by atoms with van der Waals surface area (Å²) in [6, 6.07) is 0. The number of hydrogen-bond donors (Lipinski definition) is 0. The summed E-state index contributed by atoms with van der Waals surface area (Å²) in [5, 5.41) is 0.150. The lowest BCUT2D eigenvalue weighted by Crippen LogP contribution is -2.46. The van der Waals surface area contributed by atoms with Crippen molar-refractivity contribution >= 4 is 14.1 Å². The Kier molecular flexibility index (Phi) is 6.42. The first-order valence-electron chi connectivity index (χ1n) is 8.45. The zero-order valence-electron chi connectivity index (χ0n) is 15.1. The molecular weight excluding hydrogens is 276 g/mol. The van der Waals surface area contributed by atoms with Crippen molar-refractivity contribution < 1.29 is 9.22 Å². The van der Waals surface area contributed by atoms with E-state index in [-0.39, 0.29) is 17.1 Å². The second kappa shape index (κ2) is 7.23. The zero-order valence-corrected chi connectivity index (χ0v) is 16.1. The highest BCUT2D eigenvalue weighted by molar-refractivity contribution is 6.74. The molecule has 0 aliphatic heterocycles. The van der Waals surface area contributed by atoms with E-state index in [1.807, 2.05) is 0 Å². The van der Waals surface area contributed by atoms with Crippen LogP contribution in [0, 0.1) is 5.92 Å². The highest BCUT2D eigenvalue weighted by Crippen LogP contribution is 2.39. The Balaban J connectivity index is 2.87. The first-order chi connectivity index (χ1) is 9.58. The maximum absolute atomic E-state index is 12.9. The largest absolute Gasteiger partial charge is 0.407 e. The molecule has 0 fully saturated rings. The first kappa shape index (κ1) is 18.6. The molecule has 0 saturated carbocycles. The Morgan fingerprint density at radius 2 is 1.95 bits per heavy atom. The van der Waals surface area contributed by atoms with Gasteiger partial charge < -0.3 is 4.43 Å². The van der Waals surface area contributed by atoms with Crippen LogP contribution in [0.3, 0.4) is 0 Å². The fourth-order valence-corrected chi connectivity index (χ4v) is 3.87. The van der Waals surface area contributed by atoms with Crippen LogP contribution >= 0.6 is 0 Å². The van der Waals surface area contributed by atoms with Gasteiger partial charge in [0, 0.05) is 5.92 Å². The molecule has 1 aliphatic carbocycles. The molecule has 2 atom stereocenters. The fraction of sp³-hybridized carbons (Fsp3) is 0.833. The molecule has 0 aromatic carbocycles. The standard InChI is InChI=1S/C18H34O2Si/c1-8-9-10-15-13-14(2)11-12-16(17(15)19)20-21(6,7)18(3,4)5/h11,15-16H,8-10,12-13H2,1-7H3/t15-,16+/m0/s1. The van der Waals surface area contributed by atoms with E-state index in [2.05, 4.69) is 53.8 Å². The average molecular weight is 311 g/mol. The Morgan fingerprint density at radius 3 is 2.48 bits per heavy atom. The second-order valence-electron chi connectivity index (χ2n) is 8.10. The Morgan fingerprint density at radius 1 is 1.33 bits per heavy atom. The lowest BCUT2D eigenvalue weighted by atomic mass is 9.90. The summed E-state index contributed by atoms with van der Waals surface area (Å²) in [4.78, 5) is 12.9. The summed E-state index contributed by atoms with van der Waals surface area (Å²) in [7, 11) is -1.89. The molecule has 0 N–H and O–H groups in total. The molecular formula is C18H34O2Si. The van der Waals surface area contributed by atoms with Crippen molar-refractivity contribution in [2.75, 3.05) is 0 Å². The quantitative estimate of drug-likeness (QED) is 0.495. The molecule has 122 valence electrons. The minimum Gasteiger partial charge on any atom is -0.407 e. The van der Waals surface area contributed by atoms with Gasteiger partial charge in [0.15, 0.2) is 14.1 Å². The van der Waals surface area contributed by atoms with Crippen molar-refractivity contribution in [3.05, 3.63) is 11.6 Å². The van der Waals surface area contributed by atoms with Crippen LogP contribution in [0.25, 0.3) is 0 Å². The van der Waals surface area contributed by atoms with E-state index in [1.54, 1.807) is 0 Å². The number of Topliss-reactive ketones (excluding diaryl/α,β-unsaturated/α-hetero) is 1. The third kappa shape index (κ3) is 5.06. The van der Waals surface area contributed by atoms with Gasteiger partial charge in [-0.1, -0.05) is 52.2 Å². The monoisotopic (exact) mass is 310 g/mol. The molecule has 1 rings (SSSR count). The summed E-state index contributed by atoms with van der Waals surface area (Å²) < 4.78 is 6.44. The number of hydrogen-bond acceptors (Lipinski definition) is 2. The lowest BCUT2D eigenvalue weighted by Gasteiger charge is -2.39. The molecule has 3 heteroatoms. The molecule has 0 aromatic heterocycles. The van der Waals surface area contributed by atoms with E-state index < -0.39 is 8.32 Å². The van der Waals surface area contributed by atoms with Gasteiger partial charge in [0.05, 0.1) is 0 Å². The van der Waals surface area contributed by atoms with Gasteiger partial charge in [-0.3, -0.25) is 4.79 Å². The smallest absolute Gasteiger partial charge is 0.193 e. The maximum atomic E-state index is 12.9. The van der Waals surface area contributed by atoms with E-state index >= 15 is 0 Å². The topological polar surface area (TPSA) is 26.3 Å². The molecule has 0 amide bonds. The van der Waals surface area contributed by atoms with Crippen LogP contribution in [-0.4, -0.2) is 20.2 Å². The SMILES string of the molecule is CCCC[C@H]1CC(C)=CC[C@@H](O[Si](C)(C)C(C)(C)C)C1=O. The van der Waals surface area contributed by atoms with E-state index in [1.165, 1.54) is 5.57 Å². The van der Waals surface area contributed by atoms with Crippen LogP contribution in [-0.2, 0) is 9.22 Å². The first-order valence-corrected chi connectivity index (χ1v) is 11.4. The van der Waals surface area contributed by atoms with Crippen molar-refractivity contribution in [3.8, 4) is 0 Å². The zero-order chi connectivity index (χ0) is 16.3. The molecule has 1 aliphatic rings. The highest BCUT2D eigenvalue weighted by Gasteiger charge is 2.41. The molecule has 0 radical (unpaired) electrons. The van der Waals surface area contributed by atoms with E-state index in [4.69, 9.17) is 4.43 Å². The van der Waals surface area contributed by atoms with Gasteiger partial charge in [-0.05, 0) is 44.3 Å². The van der Waals surface area contributed by atoms with Crippen molar-refractivity contribution in [2.45, 2.75) is 91.0 Å². The molecule has 0 bridgehead atoms. The normalized spacial score (nSPS) is 24.7. The van der Waals surface area contributed by atoms with Crippen molar-refractivity contribution in [1.82, 2.24) is 0 Å². The van der Waals surface area contributed by atoms with Gasteiger partial charge in [0.25, 0.3) is 0 Å². The Hall–Kier alpha value is -0.413. The third-order valence-electron chi connectivity index (χ3n) is 5.12. The van der Waals surface area contributed by atoms with Crippen LogP contribution in [0.15, 0.2) is 11.6 Å². The number of carbonyl (C=O) groups is 1. The lowest BCUT2D eigenvalue weighted by molar-refractivity contribution is -0.130. The summed E-state index contributed by atoms with van der Waals surface area (Å²) in [6.07, 6.45) is 7.00. The predicted molar refractivity (Wildman–Crippen MR) is 93.1 cm³/mol. The van der Waals surface area contributed by atoms with Crippen molar-refractivity contribution in [3.63, 3.8) is 0 Å².